The molecule has 1 aliphatic rings. The Balaban J connectivity index is 2.20. The van der Waals surface area contributed by atoms with E-state index < -0.39 is 9.84 Å². The Bertz CT molecular complexity index is 226. The summed E-state index contributed by atoms with van der Waals surface area (Å²) in [7, 11) is -2.73. The first-order valence-corrected chi connectivity index (χ1v) is 6.10. The van der Waals surface area contributed by atoms with E-state index in [0.29, 0.717) is 18.1 Å². The number of nitrogens with one attached hydrogen (secondary N) is 1. The van der Waals surface area contributed by atoms with Crippen molar-refractivity contribution in [1.82, 2.24) is 5.32 Å². The summed E-state index contributed by atoms with van der Waals surface area (Å²) in [6.45, 7) is 1.49. The summed E-state index contributed by atoms with van der Waals surface area (Å²) in [5, 5.41) is 3.18. The Morgan fingerprint density at radius 1 is 1.50 bits per heavy atom. The summed E-state index contributed by atoms with van der Waals surface area (Å²) in [6, 6.07) is 0.168. The van der Waals surface area contributed by atoms with Gasteiger partial charge >= 0.3 is 0 Å². The first-order chi connectivity index (χ1) is 5.64. The SMILES string of the molecule is NCCCNC1CCS(=O)(=O)C1. The average Bonchev–Trinajstić information content (AvgIpc) is 2.31. The van der Waals surface area contributed by atoms with Crippen molar-refractivity contribution < 1.29 is 8.42 Å². The quantitative estimate of drug-likeness (QED) is 0.567. The smallest absolute Gasteiger partial charge is 0.151 e. The highest BCUT2D eigenvalue weighted by atomic mass is 32.2. The Morgan fingerprint density at radius 3 is 2.75 bits per heavy atom. The maximum absolute atomic E-state index is 11.0. The monoisotopic (exact) mass is 192 g/mol. The Hall–Kier alpha value is -0.130. The molecular weight excluding hydrogens is 176 g/mol. The molecule has 0 aromatic carbocycles. The molecule has 0 amide bonds. The van der Waals surface area contributed by atoms with Crippen LogP contribution in [0, 0.1) is 0 Å². The maximum Gasteiger partial charge on any atom is 0.151 e. The van der Waals surface area contributed by atoms with Crippen molar-refractivity contribution in [1.29, 1.82) is 0 Å². The Kier molecular flexibility index (Phi) is 3.49. The van der Waals surface area contributed by atoms with Crippen molar-refractivity contribution >= 4 is 9.84 Å². The van der Waals surface area contributed by atoms with Gasteiger partial charge < -0.3 is 11.1 Å². The molecule has 0 aromatic heterocycles. The molecule has 12 heavy (non-hydrogen) atoms. The maximum atomic E-state index is 11.0. The second-order valence-corrected chi connectivity index (χ2v) is 5.43. The van der Waals surface area contributed by atoms with E-state index in [2.05, 4.69) is 5.32 Å². The molecular formula is C7H16N2O2S. The lowest BCUT2D eigenvalue weighted by Crippen LogP contribution is -2.31. The molecule has 0 bridgehead atoms. The summed E-state index contributed by atoms with van der Waals surface area (Å²) in [5.74, 6) is 0.644. The predicted octanol–water partition coefficient (Wildman–Crippen LogP) is -0.888. The fourth-order valence-electron chi connectivity index (χ4n) is 1.36. The molecule has 3 N–H and O–H groups in total. The van der Waals surface area contributed by atoms with E-state index in [0.717, 1.165) is 19.4 Å². The lowest BCUT2D eigenvalue weighted by atomic mass is 10.2. The highest BCUT2D eigenvalue weighted by Gasteiger charge is 2.26. The van der Waals surface area contributed by atoms with Gasteiger partial charge in [-0.1, -0.05) is 0 Å². The van der Waals surface area contributed by atoms with Crippen molar-refractivity contribution in [2.75, 3.05) is 24.6 Å². The summed E-state index contributed by atoms with van der Waals surface area (Å²) in [5.41, 5.74) is 5.31. The van der Waals surface area contributed by atoms with Crippen LogP contribution in [0.5, 0.6) is 0 Å². The zero-order valence-corrected chi connectivity index (χ0v) is 7.94. The van der Waals surface area contributed by atoms with Gasteiger partial charge in [0, 0.05) is 6.04 Å². The van der Waals surface area contributed by atoms with Gasteiger partial charge in [-0.05, 0) is 25.9 Å². The first-order valence-electron chi connectivity index (χ1n) is 4.28. The molecule has 72 valence electrons. The van der Waals surface area contributed by atoms with Crippen LogP contribution in [-0.2, 0) is 9.84 Å². The largest absolute Gasteiger partial charge is 0.330 e. The Labute approximate surface area is 73.4 Å². The van der Waals surface area contributed by atoms with Gasteiger partial charge in [-0.15, -0.1) is 0 Å². The van der Waals surface area contributed by atoms with Crippen LogP contribution in [-0.4, -0.2) is 39.1 Å². The van der Waals surface area contributed by atoms with Gasteiger partial charge in [0.25, 0.3) is 0 Å². The minimum atomic E-state index is -2.73. The van der Waals surface area contributed by atoms with Crippen LogP contribution in [0.15, 0.2) is 0 Å². The summed E-state index contributed by atoms with van der Waals surface area (Å²) in [4.78, 5) is 0. The van der Waals surface area contributed by atoms with E-state index in [1.165, 1.54) is 0 Å². The summed E-state index contributed by atoms with van der Waals surface area (Å²) < 4.78 is 22.0. The molecule has 0 aliphatic carbocycles. The Morgan fingerprint density at radius 2 is 2.25 bits per heavy atom. The average molecular weight is 192 g/mol. The second kappa shape index (κ2) is 4.20. The lowest BCUT2D eigenvalue weighted by Gasteiger charge is -2.08. The van der Waals surface area contributed by atoms with Crippen LogP contribution in [0.2, 0.25) is 0 Å². The standard InChI is InChI=1S/C7H16N2O2S/c8-3-1-4-9-7-2-5-12(10,11)6-7/h7,9H,1-6,8H2. The molecule has 1 fully saturated rings. The van der Waals surface area contributed by atoms with Gasteiger partial charge in [0.2, 0.25) is 0 Å². The van der Waals surface area contributed by atoms with Crippen LogP contribution >= 0.6 is 0 Å². The molecule has 1 heterocycles. The van der Waals surface area contributed by atoms with Crippen LogP contribution in [0.25, 0.3) is 0 Å². The molecule has 1 rings (SSSR count). The third kappa shape index (κ3) is 3.08. The predicted molar refractivity (Wildman–Crippen MR) is 48.7 cm³/mol. The van der Waals surface area contributed by atoms with E-state index >= 15 is 0 Å². The fourth-order valence-corrected chi connectivity index (χ4v) is 3.07. The van der Waals surface area contributed by atoms with E-state index in [4.69, 9.17) is 5.73 Å². The van der Waals surface area contributed by atoms with Crippen molar-refractivity contribution in [3.8, 4) is 0 Å². The molecule has 1 unspecified atom stereocenters. The zero-order chi connectivity index (χ0) is 9.03. The van der Waals surface area contributed by atoms with E-state index in [1.807, 2.05) is 0 Å². The second-order valence-electron chi connectivity index (χ2n) is 3.20. The first kappa shape index (κ1) is 9.95. The van der Waals surface area contributed by atoms with E-state index in [1.54, 1.807) is 0 Å². The van der Waals surface area contributed by atoms with Gasteiger partial charge in [0.05, 0.1) is 11.5 Å². The molecule has 5 heteroatoms. The molecule has 0 radical (unpaired) electrons. The molecule has 1 saturated heterocycles. The third-order valence-electron chi connectivity index (χ3n) is 2.05. The number of sulfone groups is 1. The van der Waals surface area contributed by atoms with Crippen molar-refractivity contribution in [3.63, 3.8) is 0 Å². The minimum absolute atomic E-state index is 0.168. The van der Waals surface area contributed by atoms with Gasteiger partial charge in [0.15, 0.2) is 9.84 Å². The van der Waals surface area contributed by atoms with E-state index in [9.17, 15) is 8.42 Å². The molecule has 0 spiro atoms. The molecule has 0 saturated carbocycles. The molecule has 1 aliphatic heterocycles. The van der Waals surface area contributed by atoms with E-state index in [-0.39, 0.29) is 6.04 Å². The number of nitrogens with two attached hydrogens (primary N) is 1. The topological polar surface area (TPSA) is 72.2 Å². The molecule has 0 aromatic rings. The van der Waals surface area contributed by atoms with Gasteiger partial charge in [-0.2, -0.15) is 0 Å². The summed E-state index contributed by atoms with van der Waals surface area (Å²) in [6.07, 6.45) is 1.67. The van der Waals surface area contributed by atoms with Crippen LogP contribution < -0.4 is 11.1 Å². The van der Waals surface area contributed by atoms with Gasteiger partial charge in [-0.3, -0.25) is 0 Å². The van der Waals surface area contributed by atoms with Crippen LogP contribution in [0.3, 0.4) is 0 Å². The number of hydrogen-bond acceptors (Lipinski definition) is 4. The zero-order valence-electron chi connectivity index (χ0n) is 7.12. The highest BCUT2D eigenvalue weighted by Crippen LogP contribution is 2.10. The van der Waals surface area contributed by atoms with Crippen molar-refractivity contribution in [3.05, 3.63) is 0 Å². The van der Waals surface area contributed by atoms with Gasteiger partial charge in [0.1, 0.15) is 0 Å². The van der Waals surface area contributed by atoms with Crippen molar-refractivity contribution in [2.45, 2.75) is 18.9 Å². The number of hydrogen-bond donors (Lipinski definition) is 2. The highest BCUT2D eigenvalue weighted by molar-refractivity contribution is 7.91. The van der Waals surface area contributed by atoms with Gasteiger partial charge in [-0.25, -0.2) is 8.42 Å². The van der Waals surface area contributed by atoms with Crippen molar-refractivity contribution in [2.24, 2.45) is 5.73 Å². The molecule has 4 nitrogen and oxygen atoms in total. The fraction of sp³-hybridized carbons (Fsp3) is 1.00. The van der Waals surface area contributed by atoms with Crippen LogP contribution in [0.1, 0.15) is 12.8 Å². The number of rotatable bonds is 4. The molecule has 1 atom stereocenters. The third-order valence-corrected chi connectivity index (χ3v) is 3.81. The minimum Gasteiger partial charge on any atom is -0.330 e. The normalized spacial score (nSPS) is 27.6. The summed E-state index contributed by atoms with van der Waals surface area (Å²) >= 11 is 0. The van der Waals surface area contributed by atoms with Crippen LogP contribution in [0.4, 0.5) is 0 Å². The lowest BCUT2D eigenvalue weighted by molar-refractivity contribution is 0.545.